The van der Waals surface area contributed by atoms with Crippen LogP contribution in [0.1, 0.15) is 23.9 Å². The molecule has 0 aliphatic carbocycles. The standard InChI is InChI=1S/C16H16N2O6/c1-3-22-15(19)10-23-13-7-4-12(5-8-13)6-9-14-16(18(20)21)11(2)17-24-14/h4-9H,3,10H2,1-2H3. The second kappa shape index (κ2) is 7.91. The van der Waals surface area contributed by atoms with Crippen molar-refractivity contribution in [2.24, 2.45) is 0 Å². The number of nitro groups is 1. The van der Waals surface area contributed by atoms with Crippen molar-refractivity contribution in [3.63, 3.8) is 0 Å². The molecule has 8 nitrogen and oxygen atoms in total. The van der Waals surface area contributed by atoms with E-state index >= 15 is 0 Å². The van der Waals surface area contributed by atoms with Crippen molar-refractivity contribution in [2.75, 3.05) is 13.2 Å². The van der Waals surface area contributed by atoms with Crippen LogP contribution in [0.15, 0.2) is 28.8 Å². The molecule has 0 amide bonds. The Hall–Kier alpha value is -3.16. The molecule has 0 fully saturated rings. The molecule has 24 heavy (non-hydrogen) atoms. The maximum atomic E-state index is 11.2. The number of aryl methyl sites for hydroxylation is 1. The molecule has 0 radical (unpaired) electrons. The smallest absolute Gasteiger partial charge is 0.344 e. The third kappa shape index (κ3) is 4.42. The molecule has 0 aliphatic rings. The molecular formula is C16H16N2O6. The molecule has 0 bridgehead atoms. The van der Waals surface area contributed by atoms with Crippen LogP contribution in [0, 0.1) is 17.0 Å². The molecule has 1 heterocycles. The average molecular weight is 332 g/mol. The molecule has 126 valence electrons. The summed E-state index contributed by atoms with van der Waals surface area (Å²) in [5, 5.41) is 14.5. The van der Waals surface area contributed by atoms with Gasteiger partial charge in [-0.2, -0.15) is 0 Å². The Morgan fingerprint density at radius 1 is 1.33 bits per heavy atom. The lowest BCUT2D eigenvalue weighted by Crippen LogP contribution is -2.14. The van der Waals surface area contributed by atoms with Crippen molar-refractivity contribution in [3.05, 3.63) is 51.4 Å². The number of carbonyl (C=O) groups excluding carboxylic acids is 1. The van der Waals surface area contributed by atoms with Gasteiger partial charge < -0.3 is 14.0 Å². The molecule has 0 saturated heterocycles. The van der Waals surface area contributed by atoms with E-state index in [1.165, 1.54) is 13.0 Å². The van der Waals surface area contributed by atoms with Gasteiger partial charge >= 0.3 is 11.7 Å². The molecule has 1 aromatic carbocycles. The lowest BCUT2D eigenvalue weighted by molar-refractivity contribution is -0.386. The first-order valence-electron chi connectivity index (χ1n) is 7.18. The Morgan fingerprint density at radius 3 is 2.67 bits per heavy atom. The number of benzene rings is 1. The van der Waals surface area contributed by atoms with E-state index < -0.39 is 10.9 Å². The van der Waals surface area contributed by atoms with Gasteiger partial charge in [0.15, 0.2) is 12.3 Å². The predicted molar refractivity (Wildman–Crippen MR) is 85.4 cm³/mol. The fourth-order valence-corrected chi connectivity index (χ4v) is 1.91. The van der Waals surface area contributed by atoms with Gasteiger partial charge in [0, 0.05) is 0 Å². The van der Waals surface area contributed by atoms with E-state index in [0.29, 0.717) is 12.4 Å². The van der Waals surface area contributed by atoms with Crippen molar-refractivity contribution in [1.29, 1.82) is 0 Å². The molecule has 2 aromatic rings. The van der Waals surface area contributed by atoms with Crippen LogP contribution in [-0.2, 0) is 9.53 Å². The van der Waals surface area contributed by atoms with Gasteiger partial charge in [0.05, 0.1) is 11.5 Å². The van der Waals surface area contributed by atoms with Gasteiger partial charge in [-0.05, 0) is 37.6 Å². The second-order valence-corrected chi connectivity index (χ2v) is 4.73. The van der Waals surface area contributed by atoms with Crippen LogP contribution in [0.25, 0.3) is 12.2 Å². The lowest BCUT2D eigenvalue weighted by Gasteiger charge is -2.05. The van der Waals surface area contributed by atoms with E-state index in [1.54, 1.807) is 37.3 Å². The van der Waals surface area contributed by atoms with Gasteiger partial charge in [-0.3, -0.25) is 10.1 Å². The summed E-state index contributed by atoms with van der Waals surface area (Å²) in [6, 6.07) is 6.84. The Kier molecular flexibility index (Phi) is 5.67. The first-order valence-corrected chi connectivity index (χ1v) is 7.18. The average Bonchev–Trinajstić information content (AvgIpc) is 2.93. The molecule has 0 saturated carbocycles. The maximum Gasteiger partial charge on any atom is 0.344 e. The van der Waals surface area contributed by atoms with Gasteiger partial charge in [0.25, 0.3) is 0 Å². The van der Waals surface area contributed by atoms with E-state index in [0.717, 1.165) is 5.56 Å². The summed E-state index contributed by atoms with van der Waals surface area (Å²) in [6.45, 7) is 3.37. The topological polar surface area (TPSA) is 105 Å². The molecule has 0 atom stereocenters. The first-order chi connectivity index (χ1) is 11.5. The summed E-state index contributed by atoms with van der Waals surface area (Å²) in [5.41, 5.74) is 0.852. The van der Waals surface area contributed by atoms with Crippen LogP contribution in [-0.4, -0.2) is 29.3 Å². The minimum atomic E-state index is -0.530. The van der Waals surface area contributed by atoms with Crippen LogP contribution < -0.4 is 4.74 Å². The summed E-state index contributed by atoms with van der Waals surface area (Å²) in [5.74, 6) is 0.163. The van der Waals surface area contributed by atoms with Gasteiger partial charge in [0.1, 0.15) is 5.75 Å². The van der Waals surface area contributed by atoms with Crippen molar-refractivity contribution in [3.8, 4) is 5.75 Å². The van der Waals surface area contributed by atoms with E-state index in [4.69, 9.17) is 14.0 Å². The fourth-order valence-electron chi connectivity index (χ4n) is 1.91. The first kappa shape index (κ1) is 17.2. The molecular weight excluding hydrogens is 316 g/mol. The van der Waals surface area contributed by atoms with Gasteiger partial charge in [-0.25, -0.2) is 4.79 Å². The Bertz CT molecular complexity index is 748. The highest BCUT2D eigenvalue weighted by Crippen LogP contribution is 2.24. The normalized spacial score (nSPS) is 10.8. The molecule has 0 unspecified atom stereocenters. The number of aromatic nitrogens is 1. The van der Waals surface area contributed by atoms with Gasteiger partial charge in [-0.1, -0.05) is 23.4 Å². The van der Waals surface area contributed by atoms with Crippen molar-refractivity contribution in [1.82, 2.24) is 5.16 Å². The quantitative estimate of drug-likeness (QED) is 0.436. The third-order valence-corrected chi connectivity index (χ3v) is 3.01. The van der Waals surface area contributed by atoms with Crippen LogP contribution in [0.3, 0.4) is 0 Å². The number of hydrogen-bond acceptors (Lipinski definition) is 7. The highest BCUT2D eigenvalue weighted by atomic mass is 16.6. The van der Waals surface area contributed by atoms with Gasteiger partial charge in [-0.15, -0.1) is 0 Å². The highest BCUT2D eigenvalue weighted by molar-refractivity contribution is 5.72. The van der Waals surface area contributed by atoms with Crippen LogP contribution in [0.5, 0.6) is 5.75 Å². The summed E-state index contributed by atoms with van der Waals surface area (Å²) in [6.07, 6.45) is 3.13. The van der Waals surface area contributed by atoms with Crippen molar-refractivity contribution in [2.45, 2.75) is 13.8 Å². The number of carbonyl (C=O) groups is 1. The van der Waals surface area contributed by atoms with Crippen LogP contribution in [0.4, 0.5) is 5.69 Å². The van der Waals surface area contributed by atoms with Crippen molar-refractivity contribution >= 4 is 23.8 Å². The van der Waals surface area contributed by atoms with E-state index in [1.807, 2.05) is 0 Å². The Balaban J connectivity index is 2.01. The maximum absolute atomic E-state index is 11.2. The van der Waals surface area contributed by atoms with Crippen LogP contribution in [0.2, 0.25) is 0 Å². The lowest BCUT2D eigenvalue weighted by atomic mass is 10.2. The summed E-state index contributed by atoms with van der Waals surface area (Å²) >= 11 is 0. The van der Waals surface area contributed by atoms with Gasteiger partial charge in [0.2, 0.25) is 5.76 Å². The molecule has 0 spiro atoms. The van der Waals surface area contributed by atoms with E-state index in [9.17, 15) is 14.9 Å². The zero-order chi connectivity index (χ0) is 17.5. The number of nitrogens with zero attached hydrogens (tertiary/aromatic N) is 2. The molecule has 0 N–H and O–H groups in total. The third-order valence-electron chi connectivity index (χ3n) is 3.01. The number of ether oxygens (including phenoxy) is 2. The second-order valence-electron chi connectivity index (χ2n) is 4.73. The Morgan fingerprint density at radius 2 is 2.04 bits per heavy atom. The molecule has 8 heteroatoms. The SMILES string of the molecule is CCOC(=O)COc1ccc(C=Cc2onc(C)c2[N+](=O)[O-])cc1. The zero-order valence-electron chi connectivity index (χ0n) is 13.2. The molecule has 1 aromatic heterocycles. The number of rotatable bonds is 7. The minimum absolute atomic E-state index is 0.0835. The summed E-state index contributed by atoms with van der Waals surface area (Å²) in [7, 11) is 0. The van der Waals surface area contributed by atoms with E-state index in [-0.39, 0.29) is 23.7 Å². The van der Waals surface area contributed by atoms with Crippen LogP contribution >= 0.6 is 0 Å². The molecule has 2 rings (SSSR count). The van der Waals surface area contributed by atoms with E-state index in [2.05, 4.69) is 5.16 Å². The summed E-state index contributed by atoms with van der Waals surface area (Å²) in [4.78, 5) is 21.6. The summed E-state index contributed by atoms with van der Waals surface area (Å²) < 4.78 is 15.0. The molecule has 0 aliphatic heterocycles. The predicted octanol–water partition coefficient (Wildman–Crippen LogP) is 3.00. The monoisotopic (exact) mass is 332 g/mol. The highest BCUT2D eigenvalue weighted by Gasteiger charge is 2.21. The Labute approximate surface area is 137 Å². The zero-order valence-corrected chi connectivity index (χ0v) is 13.2. The van der Waals surface area contributed by atoms with Crippen molar-refractivity contribution < 1.29 is 23.7 Å². The number of hydrogen-bond donors (Lipinski definition) is 0. The minimum Gasteiger partial charge on any atom is -0.482 e. The largest absolute Gasteiger partial charge is 0.482 e. The number of esters is 1. The fraction of sp³-hybridized carbons (Fsp3) is 0.250.